The first-order valence-electron chi connectivity index (χ1n) is 7.72. The van der Waals surface area contributed by atoms with Crippen LogP contribution in [0, 0.1) is 0 Å². The topological polar surface area (TPSA) is 70.6 Å². The molecule has 2 heterocycles. The Balaban J connectivity index is 1.90. The molecule has 7 heteroatoms. The first kappa shape index (κ1) is 16.5. The third kappa shape index (κ3) is 4.84. The Hall–Kier alpha value is -1.89. The van der Waals surface area contributed by atoms with Gasteiger partial charge in [-0.3, -0.25) is 9.69 Å². The smallest absolute Gasteiger partial charge is 0.234 e. The molecule has 122 valence electrons. The van der Waals surface area contributed by atoms with Gasteiger partial charge in [0.05, 0.1) is 13.7 Å². The van der Waals surface area contributed by atoms with Crippen LogP contribution in [0.25, 0.3) is 0 Å². The average Bonchev–Trinajstić information content (AvgIpc) is 2.72. The summed E-state index contributed by atoms with van der Waals surface area (Å²) in [6.07, 6.45) is 2.69. The van der Waals surface area contributed by atoms with E-state index in [0.717, 1.165) is 32.6 Å². The molecule has 0 saturated carbocycles. The number of nitrogens with zero attached hydrogens (tertiary/aromatic N) is 4. The van der Waals surface area contributed by atoms with Gasteiger partial charge in [-0.25, -0.2) is 4.98 Å². The third-order valence-electron chi connectivity index (χ3n) is 3.51. The quantitative estimate of drug-likeness (QED) is 0.855. The summed E-state index contributed by atoms with van der Waals surface area (Å²) in [5, 5.41) is 2.93. The SMILES string of the molecule is COc1ccnc(N2CCCN(CC(=O)NC(C)C)CC2)n1. The summed E-state index contributed by atoms with van der Waals surface area (Å²) in [5.74, 6) is 1.34. The molecule has 1 N–H and O–H groups in total. The summed E-state index contributed by atoms with van der Waals surface area (Å²) >= 11 is 0. The highest BCUT2D eigenvalue weighted by molar-refractivity contribution is 5.78. The first-order chi connectivity index (χ1) is 10.6. The van der Waals surface area contributed by atoms with Gasteiger partial charge in [0, 0.05) is 44.5 Å². The highest BCUT2D eigenvalue weighted by atomic mass is 16.5. The van der Waals surface area contributed by atoms with Gasteiger partial charge in [-0.1, -0.05) is 0 Å². The summed E-state index contributed by atoms with van der Waals surface area (Å²) < 4.78 is 5.15. The van der Waals surface area contributed by atoms with Crippen LogP contribution in [0.4, 0.5) is 5.95 Å². The fourth-order valence-electron chi connectivity index (χ4n) is 2.50. The van der Waals surface area contributed by atoms with E-state index < -0.39 is 0 Å². The first-order valence-corrected chi connectivity index (χ1v) is 7.72. The maximum Gasteiger partial charge on any atom is 0.234 e. The van der Waals surface area contributed by atoms with E-state index in [1.165, 1.54) is 0 Å². The van der Waals surface area contributed by atoms with Crippen LogP contribution >= 0.6 is 0 Å². The molecule has 7 nitrogen and oxygen atoms in total. The summed E-state index contributed by atoms with van der Waals surface area (Å²) in [6.45, 7) is 7.82. The second-order valence-electron chi connectivity index (χ2n) is 5.74. The minimum absolute atomic E-state index is 0.0843. The van der Waals surface area contributed by atoms with Crippen molar-refractivity contribution in [3.63, 3.8) is 0 Å². The average molecular weight is 307 g/mol. The summed E-state index contributed by atoms with van der Waals surface area (Å²) in [4.78, 5) is 24.9. The number of ether oxygens (including phenoxy) is 1. The van der Waals surface area contributed by atoms with Gasteiger partial charge in [-0.15, -0.1) is 0 Å². The molecule has 1 aliphatic heterocycles. The van der Waals surface area contributed by atoms with Crippen LogP contribution < -0.4 is 15.0 Å². The molecule has 0 aromatic carbocycles. The number of hydrogen-bond acceptors (Lipinski definition) is 6. The molecule has 0 bridgehead atoms. The molecule has 0 atom stereocenters. The Kier molecular flexibility index (Phi) is 5.94. The largest absolute Gasteiger partial charge is 0.481 e. The summed E-state index contributed by atoms with van der Waals surface area (Å²) in [5.41, 5.74) is 0. The fourth-order valence-corrected chi connectivity index (χ4v) is 2.50. The molecule has 1 aromatic rings. The zero-order valence-corrected chi connectivity index (χ0v) is 13.6. The number of nitrogens with one attached hydrogen (secondary N) is 1. The van der Waals surface area contributed by atoms with E-state index in [4.69, 9.17) is 4.74 Å². The lowest BCUT2D eigenvalue weighted by Crippen LogP contribution is -2.41. The molecule has 1 aromatic heterocycles. The van der Waals surface area contributed by atoms with E-state index in [1.807, 2.05) is 13.8 Å². The van der Waals surface area contributed by atoms with E-state index in [0.29, 0.717) is 18.4 Å². The van der Waals surface area contributed by atoms with Crippen molar-refractivity contribution in [2.24, 2.45) is 0 Å². The Bertz CT molecular complexity index is 495. The van der Waals surface area contributed by atoms with Gasteiger partial charge in [-0.2, -0.15) is 4.98 Å². The van der Waals surface area contributed by atoms with Gasteiger partial charge < -0.3 is 15.0 Å². The van der Waals surface area contributed by atoms with Crippen LogP contribution in [0.3, 0.4) is 0 Å². The van der Waals surface area contributed by atoms with E-state index in [9.17, 15) is 4.79 Å². The predicted octanol–water partition coefficient (Wildman–Crippen LogP) is 0.522. The zero-order valence-electron chi connectivity index (χ0n) is 13.6. The maximum atomic E-state index is 11.9. The van der Waals surface area contributed by atoms with Crippen LogP contribution in [0.15, 0.2) is 12.3 Å². The van der Waals surface area contributed by atoms with Crippen LogP contribution in [-0.2, 0) is 4.79 Å². The highest BCUT2D eigenvalue weighted by Crippen LogP contribution is 2.14. The molecular weight excluding hydrogens is 282 g/mol. The van der Waals surface area contributed by atoms with Gasteiger partial charge in [0.15, 0.2) is 0 Å². The van der Waals surface area contributed by atoms with Crippen LogP contribution in [0.2, 0.25) is 0 Å². The van der Waals surface area contributed by atoms with Gasteiger partial charge in [0.2, 0.25) is 17.7 Å². The van der Waals surface area contributed by atoms with Crippen molar-refractivity contribution in [3.05, 3.63) is 12.3 Å². The molecule has 2 rings (SSSR count). The number of anilines is 1. The number of methoxy groups -OCH3 is 1. The minimum Gasteiger partial charge on any atom is -0.481 e. The number of carbonyl (C=O) groups is 1. The standard InChI is InChI=1S/C15H25N5O2/c1-12(2)17-13(21)11-19-7-4-8-20(10-9-19)15-16-6-5-14(18-15)22-3/h5-6,12H,4,7-11H2,1-3H3,(H,17,21). The molecule has 1 fully saturated rings. The van der Waals surface area contributed by atoms with E-state index in [-0.39, 0.29) is 11.9 Å². The Morgan fingerprint density at radius 2 is 2.18 bits per heavy atom. The van der Waals surface area contributed by atoms with Gasteiger partial charge in [0.25, 0.3) is 0 Å². The lowest BCUT2D eigenvalue weighted by Gasteiger charge is -2.22. The molecular formula is C15H25N5O2. The molecule has 1 amide bonds. The summed E-state index contributed by atoms with van der Waals surface area (Å²) in [7, 11) is 1.60. The lowest BCUT2D eigenvalue weighted by molar-refractivity contribution is -0.122. The van der Waals surface area contributed by atoms with Crippen LogP contribution in [0.1, 0.15) is 20.3 Å². The summed E-state index contributed by atoms with van der Waals surface area (Å²) in [6, 6.07) is 1.92. The molecule has 1 saturated heterocycles. The van der Waals surface area contributed by atoms with E-state index in [1.54, 1.807) is 19.4 Å². The predicted molar refractivity (Wildman–Crippen MR) is 85.1 cm³/mol. The monoisotopic (exact) mass is 307 g/mol. The number of aromatic nitrogens is 2. The van der Waals surface area contributed by atoms with Crippen molar-refractivity contribution >= 4 is 11.9 Å². The zero-order chi connectivity index (χ0) is 15.9. The second kappa shape index (κ2) is 7.93. The van der Waals surface area contributed by atoms with Crippen LogP contribution in [0.5, 0.6) is 5.88 Å². The number of carbonyl (C=O) groups excluding carboxylic acids is 1. The van der Waals surface area contributed by atoms with Crippen molar-refractivity contribution in [1.29, 1.82) is 0 Å². The van der Waals surface area contributed by atoms with Gasteiger partial charge in [0.1, 0.15) is 0 Å². The van der Waals surface area contributed by atoms with Crippen LogP contribution in [-0.4, -0.2) is 66.7 Å². The van der Waals surface area contributed by atoms with Crippen molar-refractivity contribution < 1.29 is 9.53 Å². The minimum atomic E-state index is 0.0843. The van der Waals surface area contributed by atoms with Crippen molar-refractivity contribution in [3.8, 4) is 5.88 Å². The lowest BCUT2D eigenvalue weighted by atomic mass is 10.3. The van der Waals surface area contributed by atoms with Gasteiger partial charge in [-0.05, 0) is 20.3 Å². The van der Waals surface area contributed by atoms with Crippen molar-refractivity contribution in [1.82, 2.24) is 20.2 Å². The third-order valence-corrected chi connectivity index (χ3v) is 3.51. The second-order valence-corrected chi connectivity index (χ2v) is 5.74. The van der Waals surface area contributed by atoms with Gasteiger partial charge >= 0.3 is 0 Å². The number of amides is 1. The molecule has 0 spiro atoms. The van der Waals surface area contributed by atoms with Crippen molar-refractivity contribution in [2.45, 2.75) is 26.3 Å². The molecule has 0 radical (unpaired) electrons. The van der Waals surface area contributed by atoms with E-state index in [2.05, 4.69) is 25.1 Å². The Labute approximate surface area is 131 Å². The maximum absolute atomic E-state index is 11.9. The Morgan fingerprint density at radius 1 is 1.36 bits per heavy atom. The van der Waals surface area contributed by atoms with E-state index >= 15 is 0 Å². The molecule has 0 unspecified atom stereocenters. The number of hydrogen-bond donors (Lipinski definition) is 1. The molecule has 0 aliphatic carbocycles. The fraction of sp³-hybridized carbons (Fsp3) is 0.667. The molecule has 1 aliphatic rings. The Morgan fingerprint density at radius 3 is 2.91 bits per heavy atom. The highest BCUT2D eigenvalue weighted by Gasteiger charge is 2.19. The molecule has 22 heavy (non-hydrogen) atoms. The normalized spacial score (nSPS) is 16.5. The number of rotatable bonds is 5. The van der Waals surface area contributed by atoms with Crippen molar-refractivity contribution in [2.75, 3.05) is 44.7 Å².